The van der Waals surface area contributed by atoms with Crippen LogP contribution in [0.25, 0.3) is 0 Å². The van der Waals surface area contributed by atoms with E-state index in [1.807, 2.05) is 19.1 Å². The van der Waals surface area contributed by atoms with Crippen molar-refractivity contribution in [2.45, 2.75) is 13.5 Å². The van der Waals surface area contributed by atoms with Gasteiger partial charge in [0.25, 0.3) is 0 Å². The molecule has 4 nitrogen and oxygen atoms in total. The van der Waals surface area contributed by atoms with E-state index in [0.29, 0.717) is 6.54 Å². The number of esters is 1. The van der Waals surface area contributed by atoms with E-state index < -0.39 is 0 Å². The van der Waals surface area contributed by atoms with E-state index in [1.54, 1.807) is 12.4 Å². The van der Waals surface area contributed by atoms with Gasteiger partial charge in [-0.25, -0.2) is 0 Å². The van der Waals surface area contributed by atoms with Crippen LogP contribution in [0.3, 0.4) is 0 Å². The molecule has 0 amide bonds. The molecule has 0 fully saturated rings. The van der Waals surface area contributed by atoms with Gasteiger partial charge in [-0.15, -0.1) is 0 Å². The van der Waals surface area contributed by atoms with Crippen molar-refractivity contribution < 1.29 is 9.53 Å². The van der Waals surface area contributed by atoms with E-state index >= 15 is 0 Å². The summed E-state index contributed by atoms with van der Waals surface area (Å²) in [6.07, 6.45) is 3.50. The fraction of sp³-hybridized carbons (Fsp3) is 0.455. The van der Waals surface area contributed by atoms with E-state index in [9.17, 15) is 4.79 Å². The molecule has 82 valence electrons. The molecule has 1 aromatic heterocycles. The number of carbonyl (C=O) groups excluding carboxylic acids is 1. The highest BCUT2D eigenvalue weighted by atomic mass is 16.5. The number of nitrogens with zero attached hydrogens (tertiary/aromatic N) is 1. The minimum Gasteiger partial charge on any atom is -0.469 e. The van der Waals surface area contributed by atoms with Crippen LogP contribution in [0.5, 0.6) is 0 Å². The standard InChI is InChI=1S/C11H16N2O2/c1-9(11(14)15-2)7-13-8-10-3-5-12-6-4-10/h3-6,9,13H,7-8H2,1-2H3/t9-/m1/s1. The van der Waals surface area contributed by atoms with Gasteiger partial charge in [-0.2, -0.15) is 0 Å². The second kappa shape index (κ2) is 6.14. The van der Waals surface area contributed by atoms with Crippen LogP contribution in [-0.4, -0.2) is 24.6 Å². The molecule has 1 rings (SSSR count). The van der Waals surface area contributed by atoms with Crippen molar-refractivity contribution in [2.24, 2.45) is 5.92 Å². The Hall–Kier alpha value is -1.42. The number of carbonyl (C=O) groups is 1. The molecule has 0 aromatic carbocycles. The summed E-state index contributed by atoms with van der Waals surface area (Å²) in [5, 5.41) is 3.19. The second-order valence-electron chi connectivity index (χ2n) is 3.41. The van der Waals surface area contributed by atoms with E-state index in [-0.39, 0.29) is 11.9 Å². The highest BCUT2D eigenvalue weighted by Crippen LogP contribution is 1.98. The maximum atomic E-state index is 11.1. The van der Waals surface area contributed by atoms with Crippen molar-refractivity contribution in [1.82, 2.24) is 10.3 Å². The fourth-order valence-electron chi connectivity index (χ4n) is 1.22. The lowest BCUT2D eigenvalue weighted by atomic mass is 10.2. The molecule has 0 spiro atoms. The van der Waals surface area contributed by atoms with Crippen LogP contribution < -0.4 is 5.32 Å². The molecular formula is C11H16N2O2. The number of rotatable bonds is 5. The number of aromatic nitrogens is 1. The zero-order chi connectivity index (χ0) is 11.1. The summed E-state index contributed by atoms with van der Waals surface area (Å²) in [6, 6.07) is 3.88. The highest BCUT2D eigenvalue weighted by Gasteiger charge is 2.11. The van der Waals surface area contributed by atoms with Gasteiger partial charge >= 0.3 is 5.97 Å². The number of methoxy groups -OCH3 is 1. The molecule has 0 aliphatic rings. The normalized spacial score (nSPS) is 12.1. The molecule has 4 heteroatoms. The average Bonchev–Trinajstić information content (AvgIpc) is 2.29. The first-order valence-corrected chi connectivity index (χ1v) is 4.91. The van der Waals surface area contributed by atoms with Gasteiger partial charge in [0.2, 0.25) is 0 Å². The zero-order valence-corrected chi connectivity index (χ0v) is 9.06. The molecule has 0 bridgehead atoms. The summed E-state index contributed by atoms with van der Waals surface area (Å²) in [5.41, 5.74) is 1.15. The van der Waals surface area contributed by atoms with E-state index in [4.69, 9.17) is 0 Å². The smallest absolute Gasteiger partial charge is 0.309 e. The lowest BCUT2D eigenvalue weighted by Crippen LogP contribution is -2.26. The summed E-state index contributed by atoms with van der Waals surface area (Å²) in [6.45, 7) is 3.20. The first-order valence-electron chi connectivity index (χ1n) is 4.91. The molecular weight excluding hydrogens is 192 g/mol. The molecule has 1 atom stereocenters. The molecule has 1 N–H and O–H groups in total. The van der Waals surface area contributed by atoms with Crippen molar-refractivity contribution in [3.63, 3.8) is 0 Å². The summed E-state index contributed by atoms with van der Waals surface area (Å²) in [7, 11) is 1.40. The number of nitrogens with one attached hydrogen (secondary N) is 1. The fourth-order valence-corrected chi connectivity index (χ4v) is 1.22. The first-order chi connectivity index (χ1) is 7.24. The third kappa shape index (κ3) is 4.08. The third-order valence-corrected chi connectivity index (χ3v) is 2.13. The highest BCUT2D eigenvalue weighted by molar-refractivity contribution is 5.71. The van der Waals surface area contributed by atoms with Crippen LogP contribution in [0.1, 0.15) is 12.5 Å². The number of ether oxygens (including phenoxy) is 1. The number of pyridine rings is 1. The Bertz CT molecular complexity index is 301. The monoisotopic (exact) mass is 208 g/mol. The van der Waals surface area contributed by atoms with Crippen molar-refractivity contribution in [3.8, 4) is 0 Å². The van der Waals surface area contributed by atoms with Crippen LogP contribution in [0.2, 0.25) is 0 Å². The van der Waals surface area contributed by atoms with Gasteiger partial charge in [-0.1, -0.05) is 6.92 Å². The molecule has 1 aromatic rings. The summed E-state index contributed by atoms with van der Waals surface area (Å²) < 4.78 is 4.63. The molecule has 0 saturated carbocycles. The van der Waals surface area contributed by atoms with E-state index in [2.05, 4.69) is 15.0 Å². The topological polar surface area (TPSA) is 51.2 Å². The largest absolute Gasteiger partial charge is 0.469 e. The van der Waals surface area contributed by atoms with Crippen molar-refractivity contribution in [2.75, 3.05) is 13.7 Å². The van der Waals surface area contributed by atoms with Gasteiger partial charge < -0.3 is 10.1 Å². The number of hydrogen-bond donors (Lipinski definition) is 1. The van der Waals surface area contributed by atoms with Gasteiger partial charge in [0, 0.05) is 25.5 Å². The maximum absolute atomic E-state index is 11.1. The Kier molecular flexibility index (Phi) is 4.77. The molecule has 0 aliphatic heterocycles. The quantitative estimate of drug-likeness (QED) is 0.733. The molecule has 0 aliphatic carbocycles. The zero-order valence-electron chi connectivity index (χ0n) is 9.06. The Morgan fingerprint density at radius 3 is 2.80 bits per heavy atom. The van der Waals surface area contributed by atoms with Crippen LogP contribution >= 0.6 is 0 Å². The summed E-state index contributed by atoms with van der Waals surface area (Å²) in [5.74, 6) is -0.297. The van der Waals surface area contributed by atoms with Crippen LogP contribution in [0.4, 0.5) is 0 Å². The lowest BCUT2D eigenvalue weighted by molar-refractivity contribution is -0.144. The van der Waals surface area contributed by atoms with Gasteiger partial charge in [0.1, 0.15) is 0 Å². The first kappa shape index (κ1) is 11.7. The molecule has 0 saturated heterocycles. The summed E-state index contributed by atoms with van der Waals surface area (Å²) >= 11 is 0. The van der Waals surface area contributed by atoms with Crippen molar-refractivity contribution in [1.29, 1.82) is 0 Å². The maximum Gasteiger partial charge on any atom is 0.309 e. The Labute approximate surface area is 89.7 Å². The Balaban J connectivity index is 2.25. The van der Waals surface area contributed by atoms with E-state index in [0.717, 1.165) is 12.1 Å². The summed E-state index contributed by atoms with van der Waals surface area (Å²) in [4.78, 5) is 15.0. The lowest BCUT2D eigenvalue weighted by Gasteiger charge is -2.10. The van der Waals surface area contributed by atoms with Crippen LogP contribution in [0, 0.1) is 5.92 Å². The van der Waals surface area contributed by atoms with Crippen molar-refractivity contribution >= 4 is 5.97 Å². The molecule has 0 unspecified atom stereocenters. The Morgan fingerprint density at radius 2 is 2.20 bits per heavy atom. The van der Waals surface area contributed by atoms with Crippen LogP contribution in [0.15, 0.2) is 24.5 Å². The predicted molar refractivity (Wildman–Crippen MR) is 57.1 cm³/mol. The Morgan fingerprint density at radius 1 is 1.53 bits per heavy atom. The molecule has 1 heterocycles. The number of hydrogen-bond acceptors (Lipinski definition) is 4. The van der Waals surface area contributed by atoms with E-state index in [1.165, 1.54) is 7.11 Å². The molecule has 0 radical (unpaired) electrons. The van der Waals surface area contributed by atoms with Crippen LogP contribution in [-0.2, 0) is 16.1 Å². The SMILES string of the molecule is COC(=O)[C@H](C)CNCc1ccncc1. The predicted octanol–water partition coefficient (Wildman–Crippen LogP) is 0.980. The van der Waals surface area contributed by atoms with Crippen molar-refractivity contribution in [3.05, 3.63) is 30.1 Å². The third-order valence-electron chi connectivity index (χ3n) is 2.13. The van der Waals surface area contributed by atoms with Gasteiger partial charge in [-0.05, 0) is 17.7 Å². The molecule has 15 heavy (non-hydrogen) atoms. The minimum atomic E-state index is -0.183. The van der Waals surface area contributed by atoms with Gasteiger partial charge in [0.15, 0.2) is 0 Å². The van der Waals surface area contributed by atoms with Gasteiger partial charge in [-0.3, -0.25) is 9.78 Å². The van der Waals surface area contributed by atoms with Gasteiger partial charge in [0.05, 0.1) is 13.0 Å². The minimum absolute atomic E-state index is 0.114. The average molecular weight is 208 g/mol. The second-order valence-corrected chi connectivity index (χ2v) is 3.41.